The van der Waals surface area contributed by atoms with E-state index < -0.39 is 0 Å². The maximum Gasteiger partial charge on any atom is 0.0938 e. The Kier molecular flexibility index (Phi) is 10.4. The first-order valence-electron chi connectivity index (χ1n) is 6.90. The van der Waals surface area contributed by atoms with Gasteiger partial charge in [-0.05, 0) is 55.4 Å². The number of aliphatic hydroxyl groups excluding tert-OH is 2. The van der Waals surface area contributed by atoms with Gasteiger partial charge in [0.05, 0.1) is 23.6 Å². The monoisotopic (exact) mass is 339 g/mol. The average molecular weight is 339 g/mol. The molecule has 0 saturated carbocycles. The van der Waals surface area contributed by atoms with Gasteiger partial charge in [-0.2, -0.15) is 0 Å². The van der Waals surface area contributed by atoms with Gasteiger partial charge in [0, 0.05) is 39.3 Å². The summed E-state index contributed by atoms with van der Waals surface area (Å²) in [6.07, 6.45) is 0. The molecule has 0 fully saturated rings. The van der Waals surface area contributed by atoms with E-state index in [0.29, 0.717) is 11.5 Å². The molecule has 0 spiro atoms. The van der Waals surface area contributed by atoms with Crippen LogP contribution in [-0.2, 0) is 16.8 Å². The Hall–Kier alpha value is -1.07. The van der Waals surface area contributed by atoms with Crippen LogP contribution in [0.25, 0.3) is 0 Å². The molecule has 2 atom stereocenters. The summed E-state index contributed by atoms with van der Waals surface area (Å²) < 4.78 is 0. The number of allylic oxidation sites excluding steroid dienone is 4. The van der Waals surface area contributed by atoms with E-state index in [1.54, 1.807) is 13.8 Å². The minimum Gasteiger partial charge on any atom is -0.512 e. The molecule has 0 aliphatic rings. The Labute approximate surface area is 139 Å². The van der Waals surface area contributed by atoms with Crippen LogP contribution >= 0.6 is 0 Å². The van der Waals surface area contributed by atoms with Crippen molar-refractivity contribution in [3.63, 3.8) is 0 Å². The van der Waals surface area contributed by atoms with E-state index in [0.717, 1.165) is 22.6 Å². The zero-order valence-corrected chi connectivity index (χ0v) is 15.3. The molecular weight excluding hydrogens is 311 g/mol. The molecule has 0 bridgehead atoms. The summed E-state index contributed by atoms with van der Waals surface area (Å²) in [5, 5.41) is 18.9. The topological polar surface area (TPSA) is 65.2 Å². The van der Waals surface area contributed by atoms with E-state index in [-0.39, 0.29) is 28.9 Å². The fourth-order valence-corrected chi connectivity index (χ4v) is 1.54. The van der Waals surface area contributed by atoms with E-state index in [4.69, 9.17) is 0 Å². The van der Waals surface area contributed by atoms with Gasteiger partial charge in [-0.25, -0.2) is 0 Å². The summed E-state index contributed by atoms with van der Waals surface area (Å²) in [4.78, 5) is 9.14. The van der Waals surface area contributed by atoms with E-state index in [9.17, 15) is 10.2 Å². The molecule has 0 aromatic carbocycles. The van der Waals surface area contributed by atoms with Gasteiger partial charge in [0.2, 0.25) is 0 Å². The molecule has 0 aromatic heterocycles. The maximum absolute atomic E-state index is 9.46. The minimum atomic E-state index is 0. The Morgan fingerprint density at radius 2 is 0.905 bits per heavy atom. The van der Waals surface area contributed by atoms with Crippen LogP contribution in [0.3, 0.4) is 0 Å². The maximum atomic E-state index is 9.46. The van der Waals surface area contributed by atoms with Crippen molar-refractivity contribution in [3.05, 3.63) is 22.7 Å². The van der Waals surface area contributed by atoms with E-state index >= 15 is 0 Å². The van der Waals surface area contributed by atoms with Crippen molar-refractivity contribution in [1.29, 1.82) is 0 Å². The summed E-state index contributed by atoms with van der Waals surface area (Å²) in [5.41, 5.74) is 3.24. The molecule has 4 nitrogen and oxygen atoms in total. The summed E-state index contributed by atoms with van der Waals surface area (Å²) in [7, 11) is 0. The van der Waals surface area contributed by atoms with Crippen molar-refractivity contribution in [2.75, 3.05) is 0 Å². The molecule has 2 unspecified atom stereocenters. The summed E-state index contributed by atoms with van der Waals surface area (Å²) >= 11 is 0. The fraction of sp³-hybridized carbons (Fsp3) is 0.625. The van der Waals surface area contributed by atoms with Crippen molar-refractivity contribution in [3.8, 4) is 0 Å². The van der Waals surface area contributed by atoms with Crippen LogP contribution in [0.4, 0.5) is 0 Å². The molecule has 0 heterocycles. The van der Waals surface area contributed by atoms with Crippen LogP contribution in [0.15, 0.2) is 32.6 Å². The van der Waals surface area contributed by atoms with Gasteiger partial charge in [0.1, 0.15) is 0 Å². The number of aliphatic hydroxyl groups is 2. The second-order valence-corrected chi connectivity index (χ2v) is 5.33. The van der Waals surface area contributed by atoms with E-state index in [1.165, 1.54) is 0 Å². The second kappa shape index (κ2) is 9.79. The number of hydrogen-bond donors (Lipinski definition) is 2. The third-order valence-corrected chi connectivity index (χ3v) is 3.66. The van der Waals surface area contributed by atoms with Gasteiger partial charge >= 0.3 is 0 Å². The molecule has 0 aromatic rings. The van der Waals surface area contributed by atoms with E-state index in [1.807, 2.05) is 41.5 Å². The summed E-state index contributed by atoms with van der Waals surface area (Å²) in [5.74, 6) is 0.584. The molecule has 2 N–H and O–H groups in total. The molecule has 123 valence electrons. The Morgan fingerprint density at radius 1 is 0.667 bits per heavy atom. The molecule has 1 radical (unpaired) electrons. The average Bonchev–Trinajstić information content (AvgIpc) is 2.35. The van der Waals surface area contributed by atoms with Gasteiger partial charge in [0.15, 0.2) is 0 Å². The van der Waals surface area contributed by atoms with Gasteiger partial charge in [0.25, 0.3) is 0 Å². The number of nitrogens with zero attached hydrogens (tertiary/aromatic N) is 2. The number of hydrogen-bond acceptors (Lipinski definition) is 4. The van der Waals surface area contributed by atoms with Gasteiger partial charge in [-0.3, -0.25) is 9.98 Å². The third kappa shape index (κ3) is 7.48. The van der Waals surface area contributed by atoms with Crippen molar-refractivity contribution in [2.24, 2.45) is 9.98 Å². The zero-order valence-electron chi connectivity index (χ0n) is 14.3. The van der Waals surface area contributed by atoms with Crippen molar-refractivity contribution in [1.82, 2.24) is 0 Å². The Bertz CT molecular complexity index is 425. The smallest absolute Gasteiger partial charge is 0.0938 e. The second-order valence-electron chi connectivity index (χ2n) is 5.33. The van der Waals surface area contributed by atoms with Crippen molar-refractivity contribution < 1.29 is 27.0 Å². The van der Waals surface area contributed by atoms with E-state index in [2.05, 4.69) is 9.98 Å². The van der Waals surface area contributed by atoms with Crippen LogP contribution in [0.1, 0.15) is 55.4 Å². The van der Waals surface area contributed by atoms with Gasteiger partial charge in [-0.1, -0.05) is 0 Å². The fourth-order valence-electron chi connectivity index (χ4n) is 1.54. The molecule has 0 saturated heterocycles. The van der Waals surface area contributed by atoms with Gasteiger partial charge < -0.3 is 10.2 Å². The predicted octanol–water partition coefficient (Wildman–Crippen LogP) is 4.39. The van der Waals surface area contributed by atoms with Crippen molar-refractivity contribution >= 4 is 11.4 Å². The Balaban J connectivity index is 0. The SMILES string of the molecule is CC(=NC(C)C(C)N=C(C)/C(C)=C(/C)O)/C(C)=C(/C)O.[Co]. The molecule has 5 heteroatoms. The molecule has 0 aliphatic heterocycles. The molecule has 0 amide bonds. The van der Waals surface area contributed by atoms with Crippen LogP contribution in [0.5, 0.6) is 0 Å². The normalized spacial score (nSPS) is 18.3. The Morgan fingerprint density at radius 3 is 1.10 bits per heavy atom. The first kappa shape index (κ1) is 22.2. The third-order valence-electron chi connectivity index (χ3n) is 3.66. The van der Waals surface area contributed by atoms with Crippen molar-refractivity contribution in [2.45, 2.75) is 67.5 Å². The first-order chi connectivity index (χ1) is 9.07. The van der Waals surface area contributed by atoms with Crippen LogP contribution in [-0.4, -0.2) is 33.7 Å². The predicted molar refractivity (Wildman–Crippen MR) is 87.1 cm³/mol. The summed E-state index contributed by atoms with van der Waals surface area (Å²) in [6.45, 7) is 14.8. The van der Waals surface area contributed by atoms with Crippen LogP contribution < -0.4 is 0 Å². The summed E-state index contributed by atoms with van der Waals surface area (Å²) in [6, 6.07) is 0.0112. The zero-order chi connectivity index (χ0) is 16.0. The van der Waals surface area contributed by atoms with Gasteiger partial charge in [-0.15, -0.1) is 0 Å². The minimum absolute atomic E-state index is 0. The molecule has 0 aliphatic carbocycles. The molecule has 0 rings (SSSR count). The largest absolute Gasteiger partial charge is 0.512 e. The van der Waals surface area contributed by atoms with Crippen LogP contribution in [0.2, 0.25) is 0 Å². The molecule has 21 heavy (non-hydrogen) atoms. The first-order valence-corrected chi connectivity index (χ1v) is 6.90. The number of rotatable bonds is 5. The quantitative estimate of drug-likeness (QED) is 0.576. The standard InChI is InChI=1S/C16H28N2O2.Co/c1-9(15(7)19)11(3)17-13(5)14(6)18-12(4)10(2)16(8)20;/h13-14,19-20H,1-8H3;/b15-9-,16-10-,17-11?,18-12?;. The number of aliphatic imine (C=N–C) groups is 2. The van der Waals surface area contributed by atoms with Crippen LogP contribution in [0, 0.1) is 0 Å². The molecular formula is C16H28CoN2O2.